The zero-order chi connectivity index (χ0) is 4.12. The third kappa shape index (κ3) is 8.96. The van der Waals surface area contributed by atoms with Crippen molar-refractivity contribution in [3.63, 3.8) is 0 Å². The minimum Gasteiger partial charge on any atom is -1.00 e. The Bertz CT molecular complexity index is 24.8. The monoisotopic (exact) mass is 164 g/mol. The van der Waals surface area contributed by atoms with Crippen LogP contribution >= 0.6 is 16.3 Å². The van der Waals surface area contributed by atoms with Crippen LogP contribution in [0.2, 0.25) is 0 Å². The van der Waals surface area contributed by atoms with Gasteiger partial charge < -0.3 is 6.68 Å². The van der Waals surface area contributed by atoms with Crippen LogP contribution in [0.1, 0.15) is 16.2 Å². The minimum absolute atomic E-state index is 0. The van der Waals surface area contributed by atoms with Crippen molar-refractivity contribution in [2.75, 3.05) is 6.61 Å². The van der Waals surface area contributed by atoms with Gasteiger partial charge in [-0.15, -0.1) is 0 Å². The van der Waals surface area contributed by atoms with Crippen molar-refractivity contribution in [2.45, 2.75) is 13.3 Å². The summed E-state index contributed by atoms with van der Waals surface area (Å²) in [5.41, 5.74) is 0. The van der Waals surface area contributed by atoms with Crippen LogP contribution in [0.5, 0.6) is 0 Å². The first kappa shape index (κ1) is 10.2. The zero-order valence-corrected chi connectivity index (χ0v) is 6.91. The van der Waals surface area contributed by atoms with E-state index in [9.17, 15) is 0 Å². The fraction of sp³-hybridized carbons (Fsp3) is 1.00. The molecule has 0 aliphatic heterocycles. The van der Waals surface area contributed by atoms with Gasteiger partial charge in [0.2, 0.25) is 0 Å². The SMILES string of the molecule is CCCOBr.[H-].[H-].[Mg+2]. The Labute approximate surface area is 66.0 Å². The number of halogens is 1. The third-order valence-electron chi connectivity index (χ3n) is 0.281. The van der Waals surface area contributed by atoms with Crippen molar-refractivity contribution in [3.8, 4) is 0 Å². The molecule has 0 rings (SSSR count). The summed E-state index contributed by atoms with van der Waals surface area (Å²) >= 11 is 2.81. The van der Waals surface area contributed by atoms with E-state index in [1.165, 1.54) is 0 Å². The van der Waals surface area contributed by atoms with Gasteiger partial charge in [-0.25, -0.2) is 0 Å². The normalized spacial score (nSPS) is 7.00. The predicted octanol–water partition coefficient (Wildman–Crippen LogP) is 1.57. The van der Waals surface area contributed by atoms with Crippen molar-refractivity contribution >= 4 is 39.3 Å². The Kier molecular flexibility index (Phi) is 16.2. The van der Waals surface area contributed by atoms with E-state index in [0.29, 0.717) is 0 Å². The van der Waals surface area contributed by atoms with Gasteiger partial charge in [0.1, 0.15) is 0 Å². The maximum absolute atomic E-state index is 4.50. The van der Waals surface area contributed by atoms with Crippen LogP contribution < -0.4 is 0 Å². The Morgan fingerprint density at radius 3 is 2.33 bits per heavy atom. The molecular formula is C3H9BrMgO. The first-order valence-electron chi connectivity index (χ1n) is 1.65. The maximum atomic E-state index is 4.50. The van der Waals surface area contributed by atoms with Crippen molar-refractivity contribution in [2.24, 2.45) is 0 Å². The van der Waals surface area contributed by atoms with Crippen LogP contribution in [0.3, 0.4) is 0 Å². The van der Waals surface area contributed by atoms with Gasteiger partial charge in [-0.05, 0) is 6.42 Å². The van der Waals surface area contributed by atoms with Crippen LogP contribution in [0.25, 0.3) is 0 Å². The van der Waals surface area contributed by atoms with Crippen LogP contribution in [-0.4, -0.2) is 29.7 Å². The van der Waals surface area contributed by atoms with E-state index in [2.05, 4.69) is 27.0 Å². The molecule has 0 aliphatic rings. The summed E-state index contributed by atoms with van der Waals surface area (Å²) in [5.74, 6) is 0. The Morgan fingerprint density at radius 1 is 1.83 bits per heavy atom. The molecule has 0 amide bonds. The van der Waals surface area contributed by atoms with Crippen LogP contribution in [0, 0.1) is 0 Å². The molecule has 0 N–H and O–H groups in total. The molecule has 36 valence electrons. The first-order chi connectivity index (χ1) is 2.41. The quantitative estimate of drug-likeness (QED) is 0.564. The van der Waals surface area contributed by atoms with Crippen molar-refractivity contribution < 1.29 is 6.68 Å². The maximum Gasteiger partial charge on any atom is 2.00 e. The average molecular weight is 165 g/mol. The molecule has 0 saturated carbocycles. The number of hydrogen-bond donors (Lipinski definition) is 0. The van der Waals surface area contributed by atoms with E-state index in [1.807, 2.05) is 0 Å². The van der Waals surface area contributed by atoms with Gasteiger partial charge >= 0.3 is 23.1 Å². The largest absolute Gasteiger partial charge is 2.00 e. The number of hydrogen-bond acceptors (Lipinski definition) is 1. The zero-order valence-electron chi connectivity index (χ0n) is 5.91. The smallest absolute Gasteiger partial charge is 1.00 e. The van der Waals surface area contributed by atoms with E-state index in [1.54, 1.807) is 0 Å². The van der Waals surface area contributed by atoms with Crippen molar-refractivity contribution in [1.82, 2.24) is 0 Å². The van der Waals surface area contributed by atoms with Crippen molar-refractivity contribution in [1.29, 1.82) is 0 Å². The van der Waals surface area contributed by atoms with Gasteiger partial charge in [-0.3, -0.25) is 0 Å². The summed E-state index contributed by atoms with van der Waals surface area (Å²) in [5, 5.41) is 0. The standard InChI is InChI=1S/C3H7BrO.Mg.2H/c1-2-3-5-4;;;/h2-3H2,1H3;;;/q;+2;2*-1. The van der Waals surface area contributed by atoms with Crippen LogP contribution in [-0.2, 0) is 3.83 Å². The molecule has 0 unspecified atom stereocenters. The van der Waals surface area contributed by atoms with Crippen LogP contribution in [0.15, 0.2) is 0 Å². The van der Waals surface area contributed by atoms with Gasteiger partial charge in [0, 0.05) is 0 Å². The molecule has 0 aliphatic carbocycles. The van der Waals surface area contributed by atoms with Gasteiger partial charge in [0.05, 0.1) is 22.9 Å². The second-order valence-electron chi connectivity index (χ2n) is 0.813. The third-order valence-corrected chi connectivity index (χ3v) is 0.605. The second kappa shape index (κ2) is 9.51. The van der Waals surface area contributed by atoms with Gasteiger partial charge in [0.25, 0.3) is 0 Å². The average Bonchev–Trinajstić information content (AvgIpc) is 1.41. The second-order valence-corrected chi connectivity index (χ2v) is 1.27. The summed E-state index contributed by atoms with van der Waals surface area (Å²) in [6.45, 7) is 2.86. The van der Waals surface area contributed by atoms with Crippen molar-refractivity contribution in [3.05, 3.63) is 0 Å². The molecule has 0 aromatic carbocycles. The van der Waals surface area contributed by atoms with E-state index < -0.39 is 0 Å². The Morgan fingerprint density at radius 2 is 2.33 bits per heavy atom. The summed E-state index contributed by atoms with van der Waals surface area (Å²) in [7, 11) is 0. The van der Waals surface area contributed by atoms with Gasteiger partial charge in [-0.2, -0.15) is 0 Å². The Hall–Kier alpha value is 1.21. The molecule has 6 heavy (non-hydrogen) atoms. The van der Waals surface area contributed by atoms with E-state index in [4.69, 9.17) is 0 Å². The van der Waals surface area contributed by atoms with E-state index in [-0.39, 0.29) is 25.9 Å². The topological polar surface area (TPSA) is 9.23 Å². The molecule has 0 saturated heterocycles. The molecule has 0 bridgehead atoms. The van der Waals surface area contributed by atoms with E-state index >= 15 is 0 Å². The molecular weight excluding hydrogens is 156 g/mol. The molecule has 1 nitrogen and oxygen atoms in total. The fourth-order valence-corrected chi connectivity index (χ4v) is 0.401. The fourth-order valence-electron chi connectivity index (χ4n) is 0.0772. The van der Waals surface area contributed by atoms with Crippen LogP contribution in [0.4, 0.5) is 0 Å². The first-order valence-corrected chi connectivity index (χ1v) is 2.30. The molecule has 0 heterocycles. The Balaban J connectivity index is -0.0000000267. The molecule has 3 heteroatoms. The molecule has 0 fully saturated rings. The molecule has 0 radical (unpaired) electrons. The molecule has 0 spiro atoms. The van der Waals surface area contributed by atoms with Gasteiger partial charge in [0.15, 0.2) is 0 Å². The summed E-state index contributed by atoms with van der Waals surface area (Å²) in [6, 6.07) is 0. The summed E-state index contributed by atoms with van der Waals surface area (Å²) in [4.78, 5) is 0. The van der Waals surface area contributed by atoms with Gasteiger partial charge in [-0.1, -0.05) is 6.92 Å². The van der Waals surface area contributed by atoms with E-state index in [0.717, 1.165) is 13.0 Å². The molecule has 0 aromatic rings. The minimum atomic E-state index is 0. The molecule has 0 aromatic heterocycles. The summed E-state index contributed by atoms with van der Waals surface area (Å²) in [6.07, 6.45) is 1.07. The predicted molar refractivity (Wildman–Crippen MR) is 33.1 cm³/mol. The summed E-state index contributed by atoms with van der Waals surface area (Å²) < 4.78 is 4.50. The molecule has 0 atom stereocenters. The number of rotatable bonds is 2.